The lowest BCUT2D eigenvalue weighted by molar-refractivity contribution is 0.0799. The van der Waals surface area contributed by atoms with Crippen molar-refractivity contribution in [2.75, 3.05) is 13.1 Å². The molecule has 0 amide bonds. The normalized spacial score (nSPS) is 11.8. The molecule has 0 spiro atoms. The minimum atomic E-state index is -0.683. The fourth-order valence-electron chi connectivity index (χ4n) is 1.50. The van der Waals surface area contributed by atoms with Crippen LogP contribution < -0.4 is 5.32 Å². The average molecular weight is 225 g/mol. The smallest absolute Gasteiger partial charge is 0.126 e. The van der Waals surface area contributed by atoms with Crippen molar-refractivity contribution in [3.63, 3.8) is 0 Å². The molecular formula is C13H20FNO. The molecule has 90 valence electrons. The fourth-order valence-corrected chi connectivity index (χ4v) is 1.50. The van der Waals surface area contributed by atoms with E-state index in [1.54, 1.807) is 19.9 Å². The minimum absolute atomic E-state index is 0.134. The van der Waals surface area contributed by atoms with Crippen molar-refractivity contribution >= 4 is 0 Å². The first-order chi connectivity index (χ1) is 7.49. The molecule has 2 nitrogen and oxygen atoms in total. The molecule has 0 fully saturated rings. The molecule has 1 rings (SSSR count). The molecule has 0 aliphatic heterocycles. The van der Waals surface area contributed by atoms with Gasteiger partial charge in [-0.15, -0.1) is 0 Å². The molecule has 16 heavy (non-hydrogen) atoms. The molecule has 2 N–H and O–H groups in total. The monoisotopic (exact) mass is 225 g/mol. The zero-order chi connectivity index (χ0) is 12.0. The summed E-state index contributed by atoms with van der Waals surface area (Å²) in [6.45, 7) is 4.87. The molecule has 0 bridgehead atoms. The molecule has 1 aromatic rings. The third-order valence-electron chi connectivity index (χ3n) is 2.32. The van der Waals surface area contributed by atoms with Gasteiger partial charge in [-0.25, -0.2) is 4.39 Å². The molecular weight excluding hydrogens is 205 g/mol. The number of rotatable bonds is 6. The van der Waals surface area contributed by atoms with Crippen molar-refractivity contribution in [2.45, 2.75) is 32.3 Å². The topological polar surface area (TPSA) is 32.3 Å². The van der Waals surface area contributed by atoms with Crippen LogP contribution in [0.3, 0.4) is 0 Å². The number of aryl methyl sites for hydroxylation is 1. The van der Waals surface area contributed by atoms with E-state index in [2.05, 4.69) is 5.32 Å². The summed E-state index contributed by atoms with van der Waals surface area (Å²) in [7, 11) is 0. The minimum Gasteiger partial charge on any atom is -0.389 e. The van der Waals surface area contributed by atoms with E-state index in [0.717, 1.165) is 24.9 Å². The van der Waals surface area contributed by atoms with Gasteiger partial charge in [0.2, 0.25) is 0 Å². The summed E-state index contributed by atoms with van der Waals surface area (Å²) in [6.07, 6.45) is 1.60. The summed E-state index contributed by atoms with van der Waals surface area (Å²) in [4.78, 5) is 0. The molecule has 0 saturated heterocycles. The van der Waals surface area contributed by atoms with Crippen LogP contribution in [0.15, 0.2) is 24.3 Å². The number of hydrogen-bond donors (Lipinski definition) is 2. The van der Waals surface area contributed by atoms with Crippen LogP contribution >= 0.6 is 0 Å². The molecule has 0 aromatic heterocycles. The lowest BCUT2D eigenvalue weighted by Crippen LogP contribution is -2.35. The highest BCUT2D eigenvalue weighted by molar-refractivity contribution is 5.17. The second-order valence-corrected chi connectivity index (χ2v) is 4.68. The number of aliphatic hydroxyl groups is 1. The van der Waals surface area contributed by atoms with Crippen LogP contribution in [0.5, 0.6) is 0 Å². The van der Waals surface area contributed by atoms with Gasteiger partial charge in [-0.3, -0.25) is 0 Å². The first-order valence-corrected chi connectivity index (χ1v) is 5.65. The zero-order valence-electron chi connectivity index (χ0n) is 9.96. The molecule has 0 atom stereocenters. The Morgan fingerprint density at radius 2 is 2.00 bits per heavy atom. The van der Waals surface area contributed by atoms with Crippen LogP contribution in [0.25, 0.3) is 0 Å². The molecule has 0 unspecified atom stereocenters. The van der Waals surface area contributed by atoms with Crippen molar-refractivity contribution in [3.8, 4) is 0 Å². The third kappa shape index (κ3) is 5.24. The van der Waals surface area contributed by atoms with Crippen molar-refractivity contribution in [1.29, 1.82) is 0 Å². The van der Waals surface area contributed by atoms with Gasteiger partial charge >= 0.3 is 0 Å². The number of halogens is 1. The Bertz CT molecular complexity index is 320. The quantitative estimate of drug-likeness (QED) is 0.727. The molecule has 3 heteroatoms. The van der Waals surface area contributed by atoms with Gasteiger partial charge in [0.05, 0.1) is 5.60 Å². The SMILES string of the molecule is CC(C)(O)CNCCCc1ccccc1F. The summed E-state index contributed by atoms with van der Waals surface area (Å²) < 4.78 is 13.2. The van der Waals surface area contributed by atoms with Crippen molar-refractivity contribution in [3.05, 3.63) is 35.6 Å². The summed E-state index contributed by atoms with van der Waals surface area (Å²) in [6, 6.07) is 6.85. The zero-order valence-corrected chi connectivity index (χ0v) is 9.96. The van der Waals surface area contributed by atoms with Crippen LogP contribution in [-0.4, -0.2) is 23.8 Å². The Morgan fingerprint density at radius 1 is 1.31 bits per heavy atom. The lowest BCUT2D eigenvalue weighted by atomic mass is 10.1. The highest BCUT2D eigenvalue weighted by Gasteiger charge is 2.10. The molecule has 0 radical (unpaired) electrons. The third-order valence-corrected chi connectivity index (χ3v) is 2.32. The van der Waals surface area contributed by atoms with Gasteiger partial charge in [0.25, 0.3) is 0 Å². The van der Waals surface area contributed by atoms with Crippen LogP contribution in [0.4, 0.5) is 4.39 Å². The predicted molar refractivity (Wildman–Crippen MR) is 63.9 cm³/mol. The Kier molecular flexibility index (Phi) is 4.90. The summed E-state index contributed by atoms with van der Waals surface area (Å²) in [5.74, 6) is -0.134. The molecule has 0 aliphatic rings. The first kappa shape index (κ1) is 13.1. The largest absolute Gasteiger partial charge is 0.389 e. The van der Waals surface area contributed by atoms with E-state index in [9.17, 15) is 9.50 Å². The van der Waals surface area contributed by atoms with Crippen molar-refractivity contribution in [1.82, 2.24) is 5.32 Å². The first-order valence-electron chi connectivity index (χ1n) is 5.65. The average Bonchev–Trinajstić information content (AvgIpc) is 2.18. The van der Waals surface area contributed by atoms with Crippen LogP contribution in [0.2, 0.25) is 0 Å². The number of nitrogens with one attached hydrogen (secondary N) is 1. The number of hydrogen-bond acceptors (Lipinski definition) is 2. The Morgan fingerprint density at radius 3 is 2.62 bits per heavy atom. The van der Waals surface area contributed by atoms with E-state index in [4.69, 9.17) is 0 Å². The second-order valence-electron chi connectivity index (χ2n) is 4.68. The van der Waals surface area contributed by atoms with E-state index < -0.39 is 5.60 Å². The van der Waals surface area contributed by atoms with E-state index >= 15 is 0 Å². The van der Waals surface area contributed by atoms with Gasteiger partial charge in [0.15, 0.2) is 0 Å². The Hall–Kier alpha value is -0.930. The van der Waals surface area contributed by atoms with E-state index in [-0.39, 0.29) is 5.82 Å². The Labute approximate surface area is 96.5 Å². The predicted octanol–water partition coefficient (Wildman–Crippen LogP) is 2.12. The molecule has 0 aliphatic carbocycles. The van der Waals surface area contributed by atoms with Gasteiger partial charge in [0, 0.05) is 6.54 Å². The van der Waals surface area contributed by atoms with Gasteiger partial charge in [-0.1, -0.05) is 18.2 Å². The second kappa shape index (κ2) is 5.97. The Balaban J connectivity index is 2.19. The number of benzene rings is 1. The highest BCUT2D eigenvalue weighted by Crippen LogP contribution is 2.08. The standard InChI is InChI=1S/C13H20FNO/c1-13(2,16)10-15-9-5-7-11-6-3-4-8-12(11)14/h3-4,6,8,15-16H,5,7,9-10H2,1-2H3. The van der Waals surface area contributed by atoms with Crippen LogP contribution in [-0.2, 0) is 6.42 Å². The van der Waals surface area contributed by atoms with E-state index in [1.165, 1.54) is 6.07 Å². The summed E-state index contributed by atoms with van der Waals surface area (Å²) in [5, 5.41) is 12.6. The highest BCUT2D eigenvalue weighted by atomic mass is 19.1. The maximum absolute atomic E-state index is 13.2. The van der Waals surface area contributed by atoms with Crippen LogP contribution in [0.1, 0.15) is 25.8 Å². The van der Waals surface area contributed by atoms with Crippen molar-refractivity contribution < 1.29 is 9.50 Å². The lowest BCUT2D eigenvalue weighted by Gasteiger charge is -2.17. The molecule has 0 saturated carbocycles. The van der Waals surface area contributed by atoms with Gasteiger partial charge < -0.3 is 10.4 Å². The molecule has 0 heterocycles. The van der Waals surface area contributed by atoms with Gasteiger partial charge in [0.1, 0.15) is 5.82 Å². The molecule has 1 aromatic carbocycles. The van der Waals surface area contributed by atoms with E-state index in [0.29, 0.717) is 6.54 Å². The summed E-state index contributed by atoms with van der Waals surface area (Å²) in [5.41, 5.74) is 0.0745. The van der Waals surface area contributed by atoms with E-state index in [1.807, 2.05) is 12.1 Å². The maximum atomic E-state index is 13.2. The van der Waals surface area contributed by atoms with Gasteiger partial charge in [-0.05, 0) is 44.9 Å². The van der Waals surface area contributed by atoms with Gasteiger partial charge in [-0.2, -0.15) is 0 Å². The fraction of sp³-hybridized carbons (Fsp3) is 0.538. The van der Waals surface area contributed by atoms with Crippen molar-refractivity contribution in [2.24, 2.45) is 0 Å². The van der Waals surface area contributed by atoms with Crippen LogP contribution in [0, 0.1) is 5.82 Å². The summed E-state index contributed by atoms with van der Waals surface area (Å²) >= 11 is 0. The maximum Gasteiger partial charge on any atom is 0.126 e.